The first-order valence-electron chi connectivity index (χ1n) is 15.8. The van der Waals surface area contributed by atoms with Crippen molar-refractivity contribution >= 4 is 29.6 Å². The smallest absolute Gasteiger partial charge is 0.408 e. The molecule has 1 aliphatic heterocycles. The summed E-state index contributed by atoms with van der Waals surface area (Å²) in [4.78, 5) is 65.8. The lowest BCUT2D eigenvalue weighted by molar-refractivity contribution is -0.142. The third-order valence-corrected chi connectivity index (χ3v) is 7.45. The van der Waals surface area contributed by atoms with Crippen molar-refractivity contribution in [3.8, 4) is 0 Å². The highest BCUT2D eigenvalue weighted by molar-refractivity contribution is 5.96. The number of likely N-dealkylation sites (tertiary alicyclic amines) is 1. The Morgan fingerprint density at radius 1 is 0.881 bits per heavy atom. The molecule has 0 radical (unpaired) electrons. The summed E-state index contributed by atoms with van der Waals surface area (Å²) in [6.45, 7) is 14.5. The molecule has 0 aromatic heterocycles. The van der Waals surface area contributed by atoms with Crippen molar-refractivity contribution < 1.29 is 28.7 Å². The van der Waals surface area contributed by atoms with Gasteiger partial charge in [0.05, 0.1) is 12.1 Å². The molecule has 1 fully saturated rings. The first-order chi connectivity index (χ1) is 19.6. The van der Waals surface area contributed by atoms with Crippen LogP contribution in [0.25, 0.3) is 0 Å². The van der Waals surface area contributed by atoms with Gasteiger partial charge in [0, 0.05) is 6.54 Å². The van der Waals surface area contributed by atoms with Crippen molar-refractivity contribution in [1.82, 2.24) is 20.9 Å². The number of carbonyl (C=O) groups is 5. The summed E-state index contributed by atoms with van der Waals surface area (Å²) in [5.41, 5.74) is 5.54. The highest BCUT2D eigenvalue weighted by Gasteiger charge is 2.39. The summed E-state index contributed by atoms with van der Waals surface area (Å²) in [6, 6.07) is -4.00. The average molecular weight is 596 g/mol. The molecule has 1 heterocycles. The summed E-state index contributed by atoms with van der Waals surface area (Å²) in [5, 5.41) is 7.94. The van der Waals surface area contributed by atoms with Crippen LogP contribution in [0.15, 0.2) is 0 Å². The Morgan fingerprint density at radius 3 is 2.05 bits per heavy atom. The van der Waals surface area contributed by atoms with Gasteiger partial charge >= 0.3 is 6.09 Å². The van der Waals surface area contributed by atoms with Gasteiger partial charge in [-0.1, -0.05) is 65.7 Å². The molecule has 1 aliphatic rings. The molecule has 11 heteroatoms. The maximum atomic E-state index is 13.3. The zero-order valence-electron chi connectivity index (χ0n) is 27.2. The SMILES string of the molecule is CCCCCCCCCC(N)C(=O)[C@@H](NC(=O)[C@@H]1CCCN1C(=O)[C@H](C)NC(=O)[C@H](C)NC(=O)OC(C)(C)C)C(C)C. The number of carbonyl (C=O) groups excluding carboxylic acids is 5. The minimum atomic E-state index is -0.934. The number of ether oxygens (including phenoxy) is 1. The quantitative estimate of drug-likeness (QED) is 0.187. The summed E-state index contributed by atoms with van der Waals surface area (Å²) in [6.07, 6.45) is 8.85. The zero-order valence-corrected chi connectivity index (χ0v) is 27.2. The van der Waals surface area contributed by atoms with Gasteiger partial charge in [-0.05, 0) is 59.8 Å². The number of nitrogens with zero attached hydrogens (tertiary/aromatic N) is 1. The number of hydrogen-bond acceptors (Lipinski definition) is 7. The number of Topliss-reactive ketones (excluding diaryl/α,β-unsaturated/α-hetero) is 1. The molecule has 11 nitrogen and oxygen atoms in total. The molecule has 4 amide bonds. The van der Waals surface area contributed by atoms with Crippen LogP contribution < -0.4 is 21.7 Å². The van der Waals surface area contributed by atoms with Crippen LogP contribution >= 0.6 is 0 Å². The molecule has 1 unspecified atom stereocenters. The lowest BCUT2D eigenvalue weighted by Gasteiger charge is -2.30. The molecule has 0 aromatic carbocycles. The number of alkyl carbamates (subject to hydrolysis) is 1. The van der Waals surface area contributed by atoms with Crippen molar-refractivity contribution in [2.45, 2.75) is 155 Å². The Morgan fingerprint density at radius 2 is 1.48 bits per heavy atom. The van der Waals surface area contributed by atoms with Gasteiger partial charge in [0.1, 0.15) is 23.7 Å². The molecule has 1 rings (SSSR count). The van der Waals surface area contributed by atoms with E-state index >= 15 is 0 Å². The van der Waals surface area contributed by atoms with Crippen molar-refractivity contribution in [1.29, 1.82) is 0 Å². The molecule has 242 valence electrons. The van der Waals surface area contributed by atoms with E-state index in [2.05, 4.69) is 22.9 Å². The molecule has 0 aromatic rings. The average Bonchev–Trinajstić information content (AvgIpc) is 3.38. The second-order valence-corrected chi connectivity index (χ2v) is 12.9. The van der Waals surface area contributed by atoms with E-state index in [0.717, 1.165) is 19.3 Å². The number of nitrogens with two attached hydrogens (primary N) is 1. The van der Waals surface area contributed by atoms with Gasteiger partial charge in [-0.2, -0.15) is 0 Å². The number of nitrogens with one attached hydrogen (secondary N) is 3. The normalized spacial score (nSPS) is 18.1. The number of unbranched alkanes of at least 4 members (excludes halogenated alkanes) is 6. The maximum Gasteiger partial charge on any atom is 0.408 e. The molecule has 5 N–H and O–H groups in total. The predicted octanol–water partition coefficient (Wildman–Crippen LogP) is 3.57. The zero-order chi connectivity index (χ0) is 32.0. The second kappa shape index (κ2) is 18.1. The lowest BCUT2D eigenvalue weighted by atomic mass is 9.92. The summed E-state index contributed by atoms with van der Waals surface area (Å²) < 4.78 is 5.17. The van der Waals surface area contributed by atoms with Crippen LogP contribution in [0.3, 0.4) is 0 Å². The van der Waals surface area contributed by atoms with E-state index in [-0.39, 0.29) is 11.7 Å². The third-order valence-electron chi connectivity index (χ3n) is 7.45. The highest BCUT2D eigenvalue weighted by Crippen LogP contribution is 2.20. The van der Waals surface area contributed by atoms with Crippen molar-refractivity contribution in [3.63, 3.8) is 0 Å². The van der Waals surface area contributed by atoms with Crippen LogP contribution in [0.1, 0.15) is 120 Å². The Balaban J connectivity index is 2.69. The Labute approximate surface area is 252 Å². The van der Waals surface area contributed by atoms with E-state index in [0.29, 0.717) is 25.8 Å². The molecule has 5 atom stereocenters. The fraction of sp³-hybridized carbons (Fsp3) is 0.839. The summed E-state index contributed by atoms with van der Waals surface area (Å²) in [7, 11) is 0. The molecule has 1 saturated heterocycles. The fourth-order valence-corrected chi connectivity index (χ4v) is 5.01. The molecule has 0 aliphatic carbocycles. The van der Waals surface area contributed by atoms with Gasteiger partial charge in [-0.25, -0.2) is 4.79 Å². The number of amides is 4. The summed E-state index contributed by atoms with van der Waals surface area (Å²) >= 11 is 0. The van der Waals surface area contributed by atoms with Crippen LogP contribution in [0.5, 0.6) is 0 Å². The molecule has 0 saturated carbocycles. The molecule has 42 heavy (non-hydrogen) atoms. The molecule has 0 bridgehead atoms. The lowest BCUT2D eigenvalue weighted by Crippen LogP contribution is -2.58. The van der Waals surface area contributed by atoms with E-state index in [1.807, 2.05) is 13.8 Å². The third kappa shape index (κ3) is 13.1. The van der Waals surface area contributed by atoms with Crippen LogP contribution in [0.4, 0.5) is 4.79 Å². The van der Waals surface area contributed by atoms with E-state index < -0.39 is 59.6 Å². The minimum absolute atomic E-state index is 0.163. The van der Waals surface area contributed by atoms with E-state index in [9.17, 15) is 24.0 Å². The fourth-order valence-electron chi connectivity index (χ4n) is 5.01. The number of ketones is 1. The van der Waals surface area contributed by atoms with E-state index in [1.165, 1.54) is 44.4 Å². The van der Waals surface area contributed by atoms with Crippen LogP contribution in [0, 0.1) is 5.92 Å². The van der Waals surface area contributed by atoms with E-state index in [1.54, 1.807) is 20.8 Å². The van der Waals surface area contributed by atoms with Gasteiger partial charge in [-0.15, -0.1) is 0 Å². The predicted molar refractivity (Wildman–Crippen MR) is 164 cm³/mol. The molecular weight excluding hydrogens is 538 g/mol. The first-order valence-corrected chi connectivity index (χ1v) is 15.8. The number of hydrogen-bond donors (Lipinski definition) is 4. The van der Waals surface area contributed by atoms with Crippen molar-refractivity contribution in [3.05, 3.63) is 0 Å². The minimum Gasteiger partial charge on any atom is -0.444 e. The first kappa shape index (κ1) is 37.3. The maximum absolute atomic E-state index is 13.3. The van der Waals surface area contributed by atoms with E-state index in [4.69, 9.17) is 10.5 Å². The van der Waals surface area contributed by atoms with Crippen LogP contribution in [-0.2, 0) is 23.9 Å². The Hall–Kier alpha value is -2.69. The largest absolute Gasteiger partial charge is 0.444 e. The van der Waals surface area contributed by atoms with Crippen molar-refractivity contribution in [2.24, 2.45) is 11.7 Å². The van der Waals surface area contributed by atoms with Gasteiger partial charge in [0.15, 0.2) is 5.78 Å². The Bertz CT molecular complexity index is 903. The topological polar surface area (TPSA) is 160 Å². The van der Waals surface area contributed by atoms with Gasteiger partial charge < -0.3 is 31.3 Å². The monoisotopic (exact) mass is 595 g/mol. The standard InChI is InChI=1S/C31H57N5O6/c1-9-10-11-12-13-14-15-17-23(32)26(37)25(20(2)3)35-28(39)24-18-16-19-36(24)29(40)22(5)33-27(38)21(4)34-30(41)42-31(6,7)8/h20-25H,9-19,32H2,1-8H3,(H,33,38)(H,34,41)(H,35,39)/t21-,22-,23?,24-,25-/m0/s1. The van der Waals surface area contributed by atoms with Gasteiger partial charge in [-0.3, -0.25) is 19.2 Å². The van der Waals surface area contributed by atoms with Crippen LogP contribution in [-0.4, -0.2) is 76.9 Å². The highest BCUT2D eigenvalue weighted by atomic mass is 16.6. The second-order valence-electron chi connectivity index (χ2n) is 12.9. The van der Waals surface area contributed by atoms with Crippen molar-refractivity contribution in [2.75, 3.05) is 6.54 Å². The Kier molecular flexibility index (Phi) is 16.1. The summed E-state index contributed by atoms with van der Waals surface area (Å²) in [5.74, 6) is -1.71. The van der Waals surface area contributed by atoms with Gasteiger partial charge in [0.2, 0.25) is 17.7 Å². The van der Waals surface area contributed by atoms with Gasteiger partial charge in [0.25, 0.3) is 0 Å². The number of rotatable bonds is 17. The molecular formula is C31H57N5O6. The molecule has 0 spiro atoms. The van der Waals surface area contributed by atoms with Crippen LogP contribution in [0.2, 0.25) is 0 Å².